The van der Waals surface area contributed by atoms with E-state index in [9.17, 15) is 4.79 Å². The first-order chi connectivity index (χ1) is 15.0. The molecular weight excluding hydrogens is 478 g/mol. The smallest absolute Gasteiger partial charge is 0.261 e. The van der Waals surface area contributed by atoms with Gasteiger partial charge in [-0.1, -0.05) is 46.3 Å². The molecule has 0 saturated carbocycles. The number of nitrogens with one attached hydrogen (secondary N) is 2. The average molecular weight is 506 g/mol. The number of carbonyl (C=O) groups excluding carboxylic acids is 1. The molecule has 2 aromatic rings. The maximum atomic E-state index is 12.8. The van der Waals surface area contributed by atoms with Crippen LogP contribution in [0.15, 0.2) is 53.0 Å². The third kappa shape index (κ3) is 7.57. The number of ether oxygens (including phenoxy) is 2. The van der Waals surface area contributed by atoms with Crippen LogP contribution in [0.2, 0.25) is 0 Å². The molecule has 1 aliphatic rings. The van der Waals surface area contributed by atoms with Gasteiger partial charge in [0.2, 0.25) is 0 Å². The molecule has 0 spiro atoms. The number of hydrogen-bond acceptors (Lipinski definition) is 5. The highest BCUT2D eigenvalue weighted by Crippen LogP contribution is 2.23. The first-order valence-electron chi connectivity index (χ1n) is 10.3. The molecule has 1 aliphatic heterocycles. The molecule has 1 heterocycles. The molecule has 166 valence electrons. The van der Waals surface area contributed by atoms with Crippen LogP contribution in [0.4, 0.5) is 0 Å². The molecule has 0 atom stereocenters. The van der Waals surface area contributed by atoms with Gasteiger partial charge in [-0.15, -0.1) is 0 Å². The Morgan fingerprint density at radius 1 is 1.16 bits per heavy atom. The van der Waals surface area contributed by atoms with E-state index >= 15 is 0 Å². The second-order valence-electron chi connectivity index (χ2n) is 7.45. The highest BCUT2D eigenvalue weighted by molar-refractivity contribution is 9.10. The van der Waals surface area contributed by atoms with E-state index in [0.717, 1.165) is 36.9 Å². The quantitative estimate of drug-likeness (QED) is 0.420. The normalized spacial score (nSPS) is 14.8. The van der Waals surface area contributed by atoms with Gasteiger partial charge in [-0.05, 0) is 48.8 Å². The van der Waals surface area contributed by atoms with Crippen molar-refractivity contribution in [1.82, 2.24) is 15.5 Å². The number of nitrogens with zero attached hydrogens (tertiary/aromatic N) is 1. The molecule has 2 N–H and O–H groups in total. The molecular formula is C23H28BrN3O3S. The summed E-state index contributed by atoms with van der Waals surface area (Å²) in [5.41, 5.74) is 1.75. The summed E-state index contributed by atoms with van der Waals surface area (Å²) in [5, 5.41) is 6.42. The molecule has 0 aliphatic carbocycles. The SMILES string of the molecule is COCCOc1ccc(Br)cc1C(=O)NC(=S)NC1CCN(Cc2ccccc2)CC1. The number of halogens is 1. The van der Waals surface area contributed by atoms with E-state index in [1.165, 1.54) is 5.56 Å². The Kier molecular flexibility index (Phi) is 9.27. The van der Waals surface area contributed by atoms with Gasteiger partial charge in [0.1, 0.15) is 12.4 Å². The predicted octanol–water partition coefficient (Wildman–Crippen LogP) is 3.74. The number of thiocarbonyl (C=S) groups is 1. The standard InChI is InChI=1S/C23H28BrN3O3S/c1-29-13-14-30-21-8-7-18(24)15-20(21)22(28)26-23(31)25-19-9-11-27(12-10-19)16-17-5-3-2-4-6-17/h2-8,15,19H,9-14,16H2,1H3,(H2,25,26,28,31). The van der Waals surface area contributed by atoms with E-state index in [1.54, 1.807) is 19.2 Å². The van der Waals surface area contributed by atoms with Gasteiger partial charge in [-0.2, -0.15) is 0 Å². The molecule has 0 radical (unpaired) electrons. The lowest BCUT2D eigenvalue weighted by Crippen LogP contribution is -2.48. The number of likely N-dealkylation sites (tertiary alicyclic amines) is 1. The van der Waals surface area contributed by atoms with Gasteiger partial charge in [-0.25, -0.2) is 0 Å². The van der Waals surface area contributed by atoms with Crippen molar-refractivity contribution in [3.05, 3.63) is 64.1 Å². The Balaban J connectivity index is 1.48. The van der Waals surface area contributed by atoms with Crippen molar-refractivity contribution in [2.75, 3.05) is 33.4 Å². The topological polar surface area (TPSA) is 62.8 Å². The van der Waals surface area contributed by atoms with E-state index in [0.29, 0.717) is 29.6 Å². The second kappa shape index (κ2) is 12.1. The van der Waals surface area contributed by atoms with Crippen LogP contribution in [0, 0.1) is 0 Å². The fraction of sp³-hybridized carbons (Fsp3) is 0.391. The van der Waals surface area contributed by atoms with Crippen LogP contribution in [0.5, 0.6) is 5.75 Å². The fourth-order valence-corrected chi connectivity index (χ4v) is 4.13. The van der Waals surface area contributed by atoms with Crippen LogP contribution in [0.3, 0.4) is 0 Å². The number of amides is 1. The third-order valence-electron chi connectivity index (χ3n) is 5.13. The Bertz CT molecular complexity index is 874. The van der Waals surface area contributed by atoms with Crippen LogP contribution >= 0.6 is 28.1 Å². The minimum atomic E-state index is -0.298. The molecule has 1 saturated heterocycles. The van der Waals surface area contributed by atoms with Crippen molar-refractivity contribution >= 4 is 39.2 Å². The minimum absolute atomic E-state index is 0.250. The van der Waals surface area contributed by atoms with Crippen molar-refractivity contribution in [3.63, 3.8) is 0 Å². The van der Waals surface area contributed by atoms with Crippen LogP contribution in [0.1, 0.15) is 28.8 Å². The average Bonchev–Trinajstić information content (AvgIpc) is 2.77. The monoisotopic (exact) mass is 505 g/mol. The van der Waals surface area contributed by atoms with Crippen molar-refractivity contribution in [1.29, 1.82) is 0 Å². The van der Waals surface area contributed by atoms with Gasteiger partial charge in [-0.3, -0.25) is 15.0 Å². The summed E-state index contributed by atoms with van der Waals surface area (Å²) in [6, 6.07) is 16.1. The van der Waals surface area contributed by atoms with Gasteiger partial charge < -0.3 is 14.8 Å². The summed E-state index contributed by atoms with van der Waals surface area (Å²) in [6.07, 6.45) is 1.95. The molecule has 1 fully saturated rings. The molecule has 2 aromatic carbocycles. The van der Waals surface area contributed by atoms with E-state index in [-0.39, 0.29) is 11.9 Å². The van der Waals surface area contributed by atoms with Crippen LogP contribution < -0.4 is 15.4 Å². The van der Waals surface area contributed by atoms with Crippen LogP contribution in [0.25, 0.3) is 0 Å². The van der Waals surface area contributed by atoms with E-state index in [2.05, 4.69) is 55.7 Å². The largest absolute Gasteiger partial charge is 0.490 e. The van der Waals surface area contributed by atoms with Crippen molar-refractivity contribution < 1.29 is 14.3 Å². The molecule has 1 amide bonds. The highest BCUT2D eigenvalue weighted by atomic mass is 79.9. The van der Waals surface area contributed by atoms with Crippen molar-refractivity contribution in [2.45, 2.75) is 25.4 Å². The summed E-state index contributed by atoms with van der Waals surface area (Å²) in [5.74, 6) is 0.197. The number of rotatable bonds is 8. The Morgan fingerprint density at radius 2 is 1.90 bits per heavy atom. The van der Waals surface area contributed by atoms with Gasteiger partial charge in [0.05, 0.1) is 12.2 Å². The maximum Gasteiger partial charge on any atom is 0.261 e. The van der Waals surface area contributed by atoms with E-state index < -0.39 is 0 Å². The predicted molar refractivity (Wildman–Crippen MR) is 129 cm³/mol. The van der Waals surface area contributed by atoms with Gasteiger partial charge in [0.25, 0.3) is 5.91 Å². The molecule has 31 heavy (non-hydrogen) atoms. The zero-order valence-electron chi connectivity index (χ0n) is 17.6. The molecule has 0 aromatic heterocycles. The van der Waals surface area contributed by atoms with E-state index in [4.69, 9.17) is 21.7 Å². The van der Waals surface area contributed by atoms with Gasteiger partial charge in [0, 0.05) is 37.3 Å². The number of carbonyl (C=O) groups is 1. The second-order valence-corrected chi connectivity index (χ2v) is 8.77. The van der Waals surface area contributed by atoms with Crippen LogP contribution in [-0.2, 0) is 11.3 Å². The first-order valence-corrected chi connectivity index (χ1v) is 11.5. The third-order valence-corrected chi connectivity index (χ3v) is 5.84. The maximum absolute atomic E-state index is 12.8. The Labute approximate surface area is 197 Å². The number of piperidine rings is 1. The lowest BCUT2D eigenvalue weighted by atomic mass is 10.0. The molecule has 0 unspecified atom stereocenters. The lowest BCUT2D eigenvalue weighted by molar-refractivity contribution is 0.0968. The minimum Gasteiger partial charge on any atom is -0.490 e. The number of hydrogen-bond donors (Lipinski definition) is 2. The van der Waals surface area contributed by atoms with Crippen LogP contribution in [-0.4, -0.2) is 55.4 Å². The van der Waals surface area contributed by atoms with Crippen molar-refractivity contribution in [3.8, 4) is 5.75 Å². The highest BCUT2D eigenvalue weighted by Gasteiger charge is 2.21. The first kappa shape index (κ1) is 23.7. The zero-order chi connectivity index (χ0) is 22.1. The molecule has 6 nitrogen and oxygen atoms in total. The summed E-state index contributed by atoms with van der Waals surface area (Å²) in [4.78, 5) is 15.2. The van der Waals surface area contributed by atoms with Gasteiger partial charge >= 0.3 is 0 Å². The molecule has 8 heteroatoms. The lowest BCUT2D eigenvalue weighted by Gasteiger charge is -2.32. The van der Waals surface area contributed by atoms with Gasteiger partial charge in [0.15, 0.2) is 5.11 Å². The summed E-state index contributed by atoms with van der Waals surface area (Å²) < 4.78 is 11.5. The summed E-state index contributed by atoms with van der Waals surface area (Å²) in [6.45, 7) is 3.75. The summed E-state index contributed by atoms with van der Waals surface area (Å²) in [7, 11) is 1.61. The van der Waals surface area contributed by atoms with E-state index in [1.807, 2.05) is 12.1 Å². The molecule has 3 rings (SSSR count). The summed E-state index contributed by atoms with van der Waals surface area (Å²) >= 11 is 8.81. The molecule has 0 bridgehead atoms. The zero-order valence-corrected chi connectivity index (χ0v) is 20.0. The Morgan fingerprint density at radius 3 is 2.61 bits per heavy atom. The Hall–Kier alpha value is -2.00. The fourth-order valence-electron chi connectivity index (χ4n) is 3.51. The number of benzene rings is 2. The van der Waals surface area contributed by atoms with Crippen molar-refractivity contribution in [2.24, 2.45) is 0 Å². The number of methoxy groups -OCH3 is 1.